The second kappa shape index (κ2) is 9.68. The van der Waals surface area contributed by atoms with Gasteiger partial charge in [-0.05, 0) is 50.1 Å². The van der Waals surface area contributed by atoms with E-state index in [1.165, 1.54) is 0 Å². The first kappa shape index (κ1) is 20.3. The van der Waals surface area contributed by atoms with Gasteiger partial charge in [-0.3, -0.25) is 9.69 Å². The first-order valence-corrected chi connectivity index (χ1v) is 10.3. The zero-order valence-corrected chi connectivity index (χ0v) is 16.9. The Balaban J connectivity index is 1.76. The zero-order valence-electron chi connectivity index (χ0n) is 16.1. The number of hydrogen-bond donors (Lipinski definition) is 0. The van der Waals surface area contributed by atoms with Gasteiger partial charge in [0.1, 0.15) is 16.2 Å². The molecule has 0 unspecified atom stereocenters. The Kier molecular flexibility index (Phi) is 7.02. The minimum absolute atomic E-state index is 0.144. The highest BCUT2D eigenvalue weighted by Gasteiger charge is 2.43. The molecule has 0 aliphatic carbocycles. The first-order valence-electron chi connectivity index (χ1n) is 9.50. The number of hydrogen-bond acceptors (Lipinski definition) is 5. The monoisotopic (exact) mass is 395 g/mol. The van der Waals surface area contributed by atoms with E-state index < -0.39 is 4.75 Å². The average Bonchev–Trinajstić information content (AvgIpc) is 2.71. The van der Waals surface area contributed by atoms with Crippen LogP contribution in [0.5, 0.6) is 11.5 Å². The number of likely N-dealkylation sites (tertiary alicyclic amines) is 1. The molecule has 0 saturated carbocycles. The third kappa shape index (κ3) is 5.09. The van der Waals surface area contributed by atoms with Crippen LogP contribution in [0.25, 0.3) is 0 Å². The van der Waals surface area contributed by atoms with Gasteiger partial charge in [0.15, 0.2) is 0 Å². The number of benzene rings is 2. The van der Waals surface area contributed by atoms with E-state index in [0.717, 1.165) is 29.5 Å². The number of esters is 1. The summed E-state index contributed by atoms with van der Waals surface area (Å²) in [5.74, 6) is 4.08. The molecule has 2 aromatic carbocycles. The molecule has 0 spiro atoms. The minimum Gasteiger partial charge on any atom is -0.465 e. The lowest BCUT2D eigenvalue weighted by molar-refractivity contribution is -0.147. The predicted molar refractivity (Wildman–Crippen MR) is 113 cm³/mol. The second-order valence-corrected chi connectivity index (χ2v) is 8.14. The predicted octanol–water partition coefficient (Wildman–Crippen LogP) is 4.60. The lowest BCUT2D eigenvalue weighted by Crippen LogP contribution is -2.48. The smallest absolute Gasteiger partial charge is 0.322 e. The van der Waals surface area contributed by atoms with Crippen molar-refractivity contribution in [3.05, 3.63) is 54.6 Å². The van der Waals surface area contributed by atoms with Crippen molar-refractivity contribution >= 4 is 17.7 Å². The number of carbonyl (C=O) groups is 1. The lowest BCUT2D eigenvalue weighted by atomic mass is 9.95. The van der Waals surface area contributed by atoms with E-state index in [-0.39, 0.29) is 5.97 Å². The summed E-state index contributed by atoms with van der Waals surface area (Å²) in [6.45, 7) is 4.42. The number of nitrogens with zero attached hydrogens (tertiary/aromatic N) is 1. The van der Waals surface area contributed by atoms with E-state index in [1.807, 2.05) is 61.5 Å². The number of piperidine rings is 1. The Morgan fingerprint density at radius 1 is 1.14 bits per heavy atom. The van der Waals surface area contributed by atoms with Gasteiger partial charge in [0.05, 0.1) is 13.2 Å². The van der Waals surface area contributed by atoms with Crippen molar-refractivity contribution in [1.82, 2.24) is 4.90 Å². The third-order valence-electron chi connectivity index (χ3n) is 4.72. The summed E-state index contributed by atoms with van der Waals surface area (Å²) in [6.07, 6.45) is 6.86. The van der Waals surface area contributed by atoms with Crippen LogP contribution in [0.15, 0.2) is 59.5 Å². The summed E-state index contributed by atoms with van der Waals surface area (Å²) in [5.41, 5.74) is 0. The number of terminal acetylenes is 1. The van der Waals surface area contributed by atoms with Gasteiger partial charge in [-0.15, -0.1) is 18.2 Å². The maximum Gasteiger partial charge on any atom is 0.322 e. The SMILES string of the molecule is C#CCN1CCC(Sc2cccc(Oc3ccccc3)c2)(C(=O)OCC)CC1. The van der Waals surface area contributed by atoms with Crippen LogP contribution in [-0.4, -0.2) is 41.9 Å². The molecule has 0 N–H and O–H groups in total. The molecule has 1 fully saturated rings. The normalized spacial score (nSPS) is 16.1. The molecule has 3 rings (SSSR count). The number of carbonyl (C=O) groups excluding carboxylic acids is 1. The summed E-state index contributed by atoms with van der Waals surface area (Å²) in [7, 11) is 0. The van der Waals surface area contributed by atoms with E-state index in [4.69, 9.17) is 15.9 Å². The highest BCUT2D eigenvalue weighted by molar-refractivity contribution is 8.01. The Hall–Kier alpha value is -2.42. The van der Waals surface area contributed by atoms with E-state index in [9.17, 15) is 4.79 Å². The van der Waals surface area contributed by atoms with Crippen molar-refractivity contribution in [3.8, 4) is 23.8 Å². The van der Waals surface area contributed by atoms with E-state index in [0.29, 0.717) is 26.0 Å². The topological polar surface area (TPSA) is 38.8 Å². The molecular weight excluding hydrogens is 370 g/mol. The van der Waals surface area contributed by atoms with Crippen LogP contribution in [0.3, 0.4) is 0 Å². The fourth-order valence-corrected chi connectivity index (χ4v) is 4.57. The Bertz CT molecular complexity index is 823. The fourth-order valence-electron chi connectivity index (χ4n) is 3.26. The fraction of sp³-hybridized carbons (Fsp3) is 0.348. The summed E-state index contributed by atoms with van der Waals surface area (Å²) < 4.78 is 10.8. The maximum absolute atomic E-state index is 12.8. The van der Waals surface area contributed by atoms with Crippen molar-refractivity contribution < 1.29 is 14.3 Å². The first-order chi connectivity index (χ1) is 13.6. The molecule has 1 heterocycles. The van der Waals surface area contributed by atoms with E-state index in [1.54, 1.807) is 11.8 Å². The van der Waals surface area contributed by atoms with Crippen molar-refractivity contribution in [2.75, 3.05) is 26.2 Å². The molecule has 0 aromatic heterocycles. The van der Waals surface area contributed by atoms with Crippen LogP contribution in [0, 0.1) is 12.3 Å². The molecule has 4 nitrogen and oxygen atoms in total. The van der Waals surface area contributed by atoms with Crippen LogP contribution in [0.1, 0.15) is 19.8 Å². The van der Waals surface area contributed by atoms with Gasteiger partial charge in [0, 0.05) is 18.0 Å². The average molecular weight is 396 g/mol. The molecule has 0 atom stereocenters. The lowest BCUT2D eigenvalue weighted by Gasteiger charge is -2.38. The zero-order chi connectivity index (χ0) is 19.8. The number of para-hydroxylation sites is 1. The maximum atomic E-state index is 12.8. The van der Waals surface area contributed by atoms with Crippen molar-refractivity contribution in [2.45, 2.75) is 29.4 Å². The molecule has 28 heavy (non-hydrogen) atoms. The summed E-state index contributed by atoms with van der Waals surface area (Å²) in [4.78, 5) is 16.0. The van der Waals surface area contributed by atoms with Crippen molar-refractivity contribution in [3.63, 3.8) is 0 Å². The van der Waals surface area contributed by atoms with Gasteiger partial charge in [-0.1, -0.05) is 30.2 Å². The Labute approximate surface area is 171 Å². The van der Waals surface area contributed by atoms with Gasteiger partial charge in [-0.2, -0.15) is 0 Å². The van der Waals surface area contributed by atoms with Crippen LogP contribution < -0.4 is 4.74 Å². The quantitative estimate of drug-likeness (QED) is 0.506. The summed E-state index contributed by atoms with van der Waals surface area (Å²) in [5, 5.41) is 0. The van der Waals surface area contributed by atoms with Gasteiger partial charge in [0.2, 0.25) is 0 Å². The van der Waals surface area contributed by atoms with Gasteiger partial charge in [0.25, 0.3) is 0 Å². The number of thioether (sulfide) groups is 1. The van der Waals surface area contributed by atoms with Crippen molar-refractivity contribution in [1.29, 1.82) is 0 Å². The molecular formula is C23H25NO3S. The van der Waals surface area contributed by atoms with Gasteiger partial charge < -0.3 is 9.47 Å². The van der Waals surface area contributed by atoms with E-state index >= 15 is 0 Å². The number of ether oxygens (including phenoxy) is 2. The Morgan fingerprint density at radius 3 is 2.54 bits per heavy atom. The minimum atomic E-state index is -0.591. The second-order valence-electron chi connectivity index (χ2n) is 6.69. The Morgan fingerprint density at radius 2 is 1.86 bits per heavy atom. The molecule has 1 aliphatic rings. The van der Waals surface area contributed by atoms with Gasteiger partial charge in [-0.25, -0.2) is 0 Å². The molecule has 2 aromatic rings. The molecule has 1 saturated heterocycles. The molecule has 0 bridgehead atoms. The highest BCUT2D eigenvalue weighted by atomic mass is 32.2. The summed E-state index contributed by atoms with van der Waals surface area (Å²) >= 11 is 1.57. The molecule has 0 radical (unpaired) electrons. The van der Waals surface area contributed by atoms with Gasteiger partial charge >= 0.3 is 5.97 Å². The molecule has 146 valence electrons. The van der Waals surface area contributed by atoms with E-state index in [2.05, 4.69) is 10.8 Å². The van der Waals surface area contributed by atoms with Crippen LogP contribution >= 0.6 is 11.8 Å². The van der Waals surface area contributed by atoms with Crippen LogP contribution in [0.4, 0.5) is 0 Å². The third-order valence-corrected chi connectivity index (χ3v) is 6.18. The summed E-state index contributed by atoms with van der Waals surface area (Å²) in [6, 6.07) is 17.5. The largest absolute Gasteiger partial charge is 0.465 e. The standard InChI is InChI=1S/C23H25NO3S/c1-3-15-24-16-13-23(14-17-24,22(25)26-4-2)28-21-12-8-11-20(18-21)27-19-9-6-5-7-10-19/h1,5-12,18H,4,13-17H2,2H3. The molecule has 1 aliphatic heterocycles. The van der Waals surface area contributed by atoms with Crippen LogP contribution in [-0.2, 0) is 9.53 Å². The molecule has 5 heteroatoms. The van der Waals surface area contributed by atoms with Crippen LogP contribution in [0.2, 0.25) is 0 Å². The highest BCUT2D eigenvalue weighted by Crippen LogP contribution is 2.43. The van der Waals surface area contributed by atoms with Crippen molar-refractivity contribution in [2.24, 2.45) is 0 Å². The molecule has 0 amide bonds. The number of rotatable bonds is 7.